The number of aryl methyl sites for hydroxylation is 4. The van der Waals surface area contributed by atoms with E-state index >= 15 is 0 Å². The molecule has 0 atom stereocenters. The Morgan fingerprint density at radius 3 is 2.23 bits per heavy atom. The van der Waals surface area contributed by atoms with Gasteiger partial charge in [-0.2, -0.15) is 0 Å². The summed E-state index contributed by atoms with van der Waals surface area (Å²) in [5.74, 6) is -0.418. The molecule has 0 fully saturated rings. The summed E-state index contributed by atoms with van der Waals surface area (Å²) in [6.07, 6.45) is 0. The number of halogens is 1. The fraction of sp³-hybridized carbons (Fsp3) is 0.174. The van der Waals surface area contributed by atoms with Crippen LogP contribution in [0, 0.1) is 27.7 Å². The van der Waals surface area contributed by atoms with Crippen LogP contribution in [-0.2, 0) is 10.0 Å². The van der Waals surface area contributed by atoms with Crippen molar-refractivity contribution in [3.05, 3.63) is 87.4 Å². The molecule has 7 heteroatoms. The van der Waals surface area contributed by atoms with E-state index in [1.165, 1.54) is 18.2 Å². The van der Waals surface area contributed by atoms with Crippen molar-refractivity contribution < 1.29 is 13.2 Å². The van der Waals surface area contributed by atoms with Crippen LogP contribution in [0.15, 0.2) is 59.5 Å². The fourth-order valence-electron chi connectivity index (χ4n) is 2.92. The second-order valence-electron chi connectivity index (χ2n) is 7.32. The number of hydrogen-bond donors (Lipinski definition) is 2. The monoisotopic (exact) mass is 442 g/mol. The molecular formula is C23H23ClN2O3S. The lowest BCUT2D eigenvalue weighted by atomic mass is 10.1. The van der Waals surface area contributed by atoms with Crippen LogP contribution >= 0.6 is 11.6 Å². The number of carbonyl (C=O) groups excluding carboxylic acids is 1. The standard InChI is InChI=1S/C23H23ClN2O3S/c1-14-5-6-16(3)21(11-14)26-30(28,29)22-13-18(8-10-20(22)24)23(27)25-19-9-7-15(2)17(4)12-19/h5-13,26H,1-4H3,(H,25,27). The first kappa shape index (κ1) is 21.9. The van der Waals surface area contributed by atoms with E-state index in [-0.39, 0.29) is 15.5 Å². The third-order valence-corrected chi connectivity index (χ3v) is 6.73. The van der Waals surface area contributed by atoms with Crippen LogP contribution in [0.4, 0.5) is 11.4 Å². The maximum Gasteiger partial charge on any atom is 0.263 e. The molecule has 2 N–H and O–H groups in total. The normalized spacial score (nSPS) is 11.2. The van der Waals surface area contributed by atoms with Crippen molar-refractivity contribution in [2.45, 2.75) is 32.6 Å². The van der Waals surface area contributed by atoms with Gasteiger partial charge in [0.15, 0.2) is 0 Å². The van der Waals surface area contributed by atoms with E-state index < -0.39 is 15.9 Å². The van der Waals surface area contributed by atoms with Crippen molar-refractivity contribution in [2.75, 3.05) is 10.0 Å². The number of nitrogens with one attached hydrogen (secondary N) is 2. The van der Waals surface area contributed by atoms with E-state index in [0.717, 1.165) is 22.3 Å². The van der Waals surface area contributed by atoms with Gasteiger partial charge in [-0.1, -0.05) is 29.8 Å². The molecule has 0 heterocycles. The van der Waals surface area contributed by atoms with Gasteiger partial charge >= 0.3 is 0 Å². The number of anilines is 2. The highest BCUT2D eigenvalue weighted by Gasteiger charge is 2.21. The van der Waals surface area contributed by atoms with Gasteiger partial charge in [0.05, 0.1) is 10.7 Å². The summed E-state index contributed by atoms with van der Waals surface area (Å²) in [5.41, 5.74) is 5.16. The average Bonchev–Trinajstić information content (AvgIpc) is 2.67. The summed E-state index contributed by atoms with van der Waals surface area (Å²) >= 11 is 6.17. The van der Waals surface area contributed by atoms with Gasteiger partial charge in [0.1, 0.15) is 4.90 Å². The number of benzene rings is 3. The summed E-state index contributed by atoms with van der Waals surface area (Å²) in [6, 6.07) is 15.3. The molecule has 156 valence electrons. The lowest BCUT2D eigenvalue weighted by Crippen LogP contribution is -2.17. The lowest BCUT2D eigenvalue weighted by Gasteiger charge is -2.14. The highest BCUT2D eigenvalue weighted by molar-refractivity contribution is 7.92. The highest BCUT2D eigenvalue weighted by Crippen LogP contribution is 2.27. The Morgan fingerprint density at radius 2 is 1.53 bits per heavy atom. The van der Waals surface area contributed by atoms with Gasteiger partial charge in [-0.3, -0.25) is 9.52 Å². The number of amides is 1. The summed E-state index contributed by atoms with van der Waals surface area (Å²) in [4.78, 5) is 12.5. The second kappa shape index (κ2) is 8.50. The minimum atomic E-state index is -3.99. The molecular weight excluding hydrogens is 420 g/mol. The Labute approximate surface area is 182 Å². The van der Waals surface area contributed by atoms with Gasteiger partial charge in [0.2, 0.25) is 0 Å². The number of hydrogen-bond acceptors (Lipinski definition) is 3. The van der Waals surface area contributed by atoms with Gasteiger partial charge in [-0.25, -0.2) is 8.42 Å². The Hall–Kier alpha value is -2.83. The molecule has 0 aliphatic carbocycles. The summed E-state index contributed by atoms with van der Waals surface area (Å²) in [7, 11) is -3.99. The molecule has 0 spiro atoms. The van der Waals surface area contributed by atoms with E-state index in [1.807, 2.05) is 52.0 Å². The quantitative estimate of drug-likeness (QED) is 0.537. The molecule has 0 saturated heterocycles. The Bertz CT molecular complexity index is 1240. The summed E-state index contributed by atoms with van der Waals surface area (Å²) in [5, 5.41) is 2.83. The van der Waals surface area contributed by atoms with Crippen molar-refractivity contribution in [2.24, 2.45) is 0 Å². The first-order valence-corrected chi connectivity index (χ1v) is 11.2. The van der Waals surface area contributed by atoms with Gasteiger partial charge < -0.3 is 5.32 Å². The fourth-order valence-corrected chi connectivity index (χ4v) is 4.57. The van der Waals surface area contributed by atoms with Crippen molar-refractivity contribution in [3.8, 4) is 0 Å². The van der Waals surface area contributed by atoms with E-state index in [9.17, 15) is 13.2 Å². The molecule has 3 rings (SSSR count). The predicted octanol–water partition coefficient (Wildman–Crippen LogP) is 5.63. The van der Waals surface area contributed by atoms with Crippen LogP contribution in [0.3, 0.4) is 0 Å². The van der Waals surface area contributed by atoms with Crippen LogP contribution in [0.2, 0.25) is 5.02 Å². The zero-order valence-electron chi connectivity index (χ0n) is 17.2. The largest absolute Gasteiger partial charge is 0.322 e. The van der Waals surface area contributed by atoms with E-state index in [0.29, 0.717) is 11.4 Å². The molecule has 1 amide bonds. The second-order valence-corrected chi connectivity index (χ2v) is 9.38. The van der Waals surface area contributed by atoms with Crippen LogP contribution < -0.4 is 10.0 Å². The summed E-state index contributed by atoms with van der Waals surface area (Å²) in [6.45, 7) is 7.63. The molecule has 30 heavy (non-hydrogen) atoms. The third kappa shape index (κ3) is 4.83. The zero-order valence-corrected chi connectivity index (χ0v) is 18.8. The Balaban J connectivity index is 1.91. The Kier molecular flexibility index (Phi) is 6.19. The maximum atomic E-state index is 13.0. The molecule has 0 unspecified atom stereocenters. The molecule has 0 radical (unpaired) electrons. The van der Waals surface area contributed by atoms with Crippen molar-refractivity contribution in [3.63, 3.8) is 0 Å². The SMILES string of the molecule is Cc1ccc(C)c(NS(=O)(=O)c2cc(C(=O)Nc3ccc(C)c(C)c3)ccc2Cl)c1. The van der Waals surface area contributed by atoms with Crippen LogP contribution in [0.1, 0.15) is 32.6 Å². The molecule has 0 aliphatic rings. The topological polar surface area (TPSA) is 75.3 Å². The molecule has 5 nitrogen and oxygen atoms in total. The van der Waals surface area contributed by atoms with Crippen molar-refractivity contribution >= 4 is 38.9 Å². The van der Waals surface area contributed by atoms with Crippen molar-refractivity contribution in [1.82, 2.24) is 0 Å². The minimum absolute atomic E-state index is 0.0375. The summed E-state index contributed by atoms with van der Waals surface area (Å²) < 4.78 is 28.5. The number of rotatable bonds is 5. The van der Waals surface area contributed by atoms with E-state index in [4.69, 9.17) is 11.6 Å². The van der Waals surface area contributed by atoms with Crippen LogP contribution in [0.5, 0.6) is 0 Å². The van der Waals surface area contributed by atoms with E-state index in [1.54, 1.807) is 12.1 Å². The van der Waals surface area contributed by atoms with Crippen LogP contribution in [0.25, 0.3) is 0 Å². The minimum Gasteiger partial charge on any atom is -0.322 e. The molecule has 3 aromatic carbocycles. The predicted molar refractivity (Wildman–Crippen MR) is 122 cm³/mol. The molecule has 0 saturated carbocycles. The maximum absolute atomic E-state index is 13.0. The molecule has 0 aliphatic heterocycles. The van der Waals surface area contributed by atoms with Gasteiger partial charge in [0.25, 0.3) is 15.9 Å². The third-order valence-electron chi connectivity index (χ3n) is 4.89. The van der Waals surface area contributed by atoms with E-state index in [2.05, 4.69) is 10.0 Å². The molecule has 0 bridgehead atoms. The smallest absolute Gasteiger partial charge is 0.263 e. The molecule has 0 aromatic heterocycles. The van der Waals surface area contributed by atoms with Gasteiger partial charge in [-0.05, 0) is 86.3 Å². The average molecular weight is 443 g/mol. The Morgan fingerprint density at radius 1 is 0.833 bits per heavy atom. The first-order valence-electron chi connectivity index (χ1n) is 9.35. The van der Waals surface area contributed by atoms with Crippen LogP contribution in [-0.4, -0.2) is 14.3 Å². The number of carbonyl (C=O) groups is 1. The molecule has 3 aromatic rings. The number of sulfonamides is 1. The van der Waals surface area contributed by atoms with Gasteiger partial charge in [-0.15, -0.1) is 0 Å². The van der Waals surface area contributed by atoms with Gasteiger partial charge in [0, 0.05) is 11.3 Å². The lowest BCUT2D eigenvalue weighted by molar-refractivity contribution is 0.102. The first-order chi connectivity index (χ1) is 14.1. The zero-order chi connectivity index (χ0) is 22.1. The van der Waals surface area contributed by atoms with Crippen molar-refractivity contribution in [1.29, 1.82) is 0 Å². The highest BCUT2D eigenvalue weighted by atomic mass is 35.5.